The van der Waals surface area contributed by atoms with Gasteiger partial charge in [-0.15, -0.1) is 12.4 Å². The minimum Gasteiger partial charge on any atom is -0.348 e. The van der Waals surface area contributed by atoms with Crippen molar-refractivity contribution < 1.29 is 9.59 Å². The van der Waals surface area contributed by atoms with Crippen LogP contribution >= 0.6 is 12.4 Å². The molecular weight excluding hydrogens is 290 g/mol. The fourth-order valence-electron chi connectivity index (χ4n) is 2.04. The highest BCUT2D eigenvalue weighted by molar-refractivity contribution is 6.05. The average molecular weight is 312 g/mol. The fraction of sp³-hybridized carbons (Fsp3) is 0.467. The summed E-state index contributed by atoms with van der Waals surface area (Å²) in [6.07, 6.45) is 1.89. The summed E-state index contributed by atoms with van der Waals surface area (Å²) in [5.41, 5.74) is 6.66. The third-order valence-corrected chi connectivity index (χ3v) is 3.50. The Morgan fingerprint density at radius 1 is 1.38 bits per heavy atom. The molecule has 2 amide bonds. The fourth-order valence-corrected chi connectivity index (χ4v) is 2.04. The zero-order valence-corrected chi connectivity index (χ0v) is 13.2. The second kappa shape index (κ2) is 7.43. The maximum Gasteiger partial charge on any atom is 0.253 e. The molecule has 0 heterocycles. The molecule has 21 heavy (non-hydrogen) atoms. The summed E-state index contributed by atoms with van der Waals surface area (Å²) >= 11 is 0. The summed E-state index contributed by atoms with van der Waals surface area (Å²) in [6.45, 7) is 2.23. The van der Waals surface area contributed by atoms with Crippen molar-refractivity contribution in [3.8, 4) is 0 Å². The van der Waals surface area contributed by atoms with Gasteiger partial charge in [0.15, 0.2) is 0 Å². The van der Waals surface area contributed by atoms with Crippen LogP contribution in [0.25, 0.3) is 0 Å². The number of carbonyl (C=O) groups excluding carboxylic acids is 2. The number of nitrogens with one attached hydrogen (secondary N) is 1. The summed E-state index contributed by atoms with van der Waals surface area (Å²) in [5, 5.41) is 2.82. The third-order valence-electron chi connectivity index (χ3n) is 3.50. The van der Waals surface area contributed by atoms with Crippen molar-refractivity contribution in [2.45, 2.75) is 25.8 Å². The highest BCUT2D eigenvalue weighted by Gasteiger charge is 2.33. The first-order chi connectivity index (χ1) is 9.54. The van der Waals surface area contributed by atoms with Crippen LogP contribution in [-0.2, 0) is 4.79 Å². The number of benzene rings is 1. The largest absolute Gasteiger partial charge is 0.348 e. The zero-order valence-electron chi connectivity index (χ0n) is 12.3. The number of rotatable bonds is 5. The third kappa shape index (κ3) is 4.19. The predicted octanol–water partition coefficient (Wildman–Crippen LogP) is 1.56. The van der Waals surface area contributed by atoms with Crippen molar-refractivity contribution in [3.05, 3.63) is 29.8 Å². The summed E-state index contributed by atoms with van der Waals surface area (Å²) < 4.78 is 0. The van der Waals surface area contributed by atoms with Gasteiger partial charge in [-0.05, 0) is 31.9 Å². The number of nitrogens with zero attached hydrogens (tertiary/aromatic N) is 1. The lowest BCUT2D eigenvalue weighted by Crippen LogP contribution is -2.39. The standard InChI is InChI=1S/C15H21N3O2.ClH/c1-10(9-16)17-14(19)12-5-3-4-6-13(12)18(2)15(20)11-7-8-11;/h3-6,10-11H,7-9,16H2,1-2H3,(H,17,19);1H/t10-;/m0./s1. The predicted molar refractivity (Wildman–Crippen MR) is 85.8 cm³/mol. The number of hydrogen-bond donors (Lipinski definition) is 2. The van der Waals surface area contributed by atoms with Crippen LogP contribution in [0.3, 0.4) is 0 Å². The number of hydrogen-bond acceptors (Lipinski definition) is 3. The molecule has 0 bridgehead atoms. The molecule has 1 aliphatic carbocycles. The molecule has 1 aromatic carbocycles. The Bertz CT molecular complexity index is 517. The van der Waals surface area contributed by atoms with Crippen LogP contribution in [0.5, 0.6) is 0 Å². The Labute approximate surface area is 131 Å². The van der Waals surface area contributed by atoms with Gasteiger partial charge in [-0.1, -0.05) is 12.1 Å². The SMILES string of the molecule is C[C@@H](CN)NC(=O)c1ccccc1N(C)C(=O)C1CC1.Cl. The molecule has 0 aromatic heterocycles. The maximum atomic E-state index is 12.2. The van der Waals surface area contributed by atoms with Crippen molar-refractivity contribution in [3.63, 3.8) is 0 Å². The number of nitrogens with two attached hydrogens (primary N) is 1. The van der Waals surface area contributed by atoms with Gasteiger partial charge in [0.05, 0.1) is 11.3 Å². The smallest absolute Gasteiger partial charge is 0.253 e. The molecule has 1 saturated carbocycles. The van der Waals surface area contributed by atoms with E-state index in [0.717, 1.165) is 12.8 Å². The van der Waals surface area contributed by atoms with E-state index in [-0.39, 0.29) is 36.2 Å². The van der Waals surface area contributed by atoms with E-state index >= 15 is 0 Å². The Hall–Kier alpha value is -1.59. The van der Waals surface area contributed by atoms with Crippen molar-refractivity contribution in [2.75, 3.05) is 18.5 Å². The van der Waals surface area contributed by atoms with E-state index in [1.807, 2.05) is 13.0 Å². The van der Waals surface area contributed by atoms with Crippen molar-refractivity contribution >= 4 is 29.9 Å². The molecule has 1 aromatic rings. The van der Waals surface area contributed by atoms with E-state index in [1.165, 1.54) is 0 Å². The topological polar surface area (TPSA) is 75.4 Å². The molecule has 3 N–H and O–H groups in total. The summed E-state index contributed by atoms with van der Waals surface area (Å²) in [4.78, 5) is 26.0. The maximum absolute atomic E-state index is 12.2. The van der Waals surface area contributed by atoms with E-state index in [9.17, 15) is 9.59 Å². The molecule has 0 spiro atoms. The van der Waals surface area contributed by atoms with Gasteiger partial charge in [0.2, 0.25) is 5.91 Å². The molecular formula is C15H22ClN3O2. The lowest BCUT2D eigenvalue weighted by molar-refractivity contribution is -0.119. The van der Waals surface area contributed by atoms with Crippen molar-refractivity contribution in [2.24, 2.45) is 11.7 Å². The van der Waals surface area contributed by atoms with Gasteiger partial charge >= 0.3 is 0 Å². The van der Waals surface area contributed by atoms with Crippen LogP contribution in [0.1, 0.15) is 30.1 Å². The van der Waals surface area contributed by atoms with E-state index in [1.54, 1.807) is 30.1 Å². The number of amides is 2. The molecule has 0 radical (unpaired) electrons. The zero-order chi connectivity index (χ0) is 14.7. The van der Waals surface area contributed by atoms with E-state index < -0.39 is 0 Å². The summed E-state index contributed by atoms with van der Waals surface area (Å²) in [6, 6.07) is 7.04. The summed E-state index contributed by atoms with van der Waals surface area (Å²) in [7, 11) is 1.72. The lowest BCUT2D eigenvalue weighted by atomic mass is 10.1. The van der Waals surface area contributed by atoms with Crippen LogP contribution in [0, 0.1) is 5.92 Å². The Morgan fingerprint density at radius 2 is 2.00 bits per heavy atom. The Morgan fingerprint density at radius 3 is 2.57 bits per heavy atom. The molecule has 116 valence electrons. The van der Waals surface area contributed by atoms with Gasteiger partial charge in [-0.25, -0.2) is 0 Å². The van der Waals surface area contributed by atoms with Crippen LogP contribution in [0.2, 0.25) is 0 Å². The van der Waals surface area contributed by atoms with Crippen LogP contribution in [0.15, 0.2) is 24.3 Å². The van der Waals surface area contributed by atoms with Gasteiger partial charge < -0.3 is 16.0 Å². The Balaban J connectivity index is 0.00000220. The molecule has 5 nitrogen and oxygen atoms in total. The molecule has 2 rings (SSSR count). The van der Waals surface area contributed by atoms with Crippen molar-refractivity contribution in [1.29, 1.82) is 0 Å². The quantitative estimate of drug-likeness (QED) is 0.866. The first-order valence-corrected chi connectivity index (χ1v) is 6.92. The van der Waals surface area contributed by atoms with Crippen molar-refractivity contribution in [1.82, 2.24) is 5.32 Å². The monoisotopic (exact) mass is 311 g/mol. The Kier molecular flexibility index (Phi) is 6.18. The molecule has 1 aliphatic rings. The lowest BCUT2D eigenvalue weighted by Gasteiger charge is -2.21. The molecule has 0 unspecified atom stereocenters. The molecule has 0 aliphatic heterocycles. The van der Waals surface area contributed by atoms with Crippen LogP contribution in [-0.4, -0.2) is 31.4 Å². The molecule has 1 fully saturated rings. The molecule has 1 atom stereocenters. The number of para-hydroxylation sites is 1. The van der Waals surface area contributed by atoms with Crippen LogP contribution < -0.4 is 16.0 Å². The first kappa shape index (κ1) is 17.5. The number of halogens is 1. The second-order valence-electron chi connectivity index (χ2n) is 5.30. The minimum atomic E-state index is -0.200. The van der Waals surface area contributed by atoms with Gasteiger partial charge in [0.1, 0.15) is 0 Å². The minimum absolute atomic E-state index is 0. The van der Waals surface area contributed by atoms with Gasteiger partial charge in [0, 0.05) is 25.6 Å². The van der Waals surface area contributed by atoms with E-state index in [0.29, 0.717) is 17.8 Å². The molecule has 6 heteroatoms. The van der Waals surface area contributed by atoms with Gasteiger partial charge in [0.25, 0.3) is 5.91 Å². The molecule has 0 saturated heterocycles. The highest BCUT2D eigenvalue weighted by atomic mass is 35.5. The first-order valence-electron chi connectivity index (χ1n) is 6.92. The summed E-state index contributed by atoms with van der Waals surface area (Å²) in [5.74, 6) is 0.00482. The van der Waals surface area contributed by atoms with E-state index in [4.69, 9.17) is 5.73 Å². The highest BCUT2D eigenvalue weighted by Crippen LogP contribution is 2.33. The second-order valence-corrected chi connectivity index (χ2v) is 5.30. The van der Waals surface area contributed by atoms with Crippen LogP contribution in [0.4, 0.5) is 5.69 Å². The van der Waals surface area contributed by atoms with Gasteiger partial charge in [-0.3, -0.25) is 9.59 Å². The normalized spacial score (nSPS) is 14.8. The number of anilines is 1. The van der Waals surface area contributed by atoms with E-state index in [2.05, 4.69) is 5.32 Å². The van der Waals surface area contributed by atoms with Gasteiger partial charge in [-0.2, -0.15) is 0 Å². The average Bonchev–Trinajstić information content (AvgIpc) is 3.30. The number of carbonyl (C=O) groups is 2.